The number of nitrogens with one attached hydrogen (secondary N) is 1. The zero-order valence-electron chi connectivity index (χ0n) is 16.1. The minimum Gasteiger partial charge on any atom is -0.478 e. The van der Waals surface area contributed by atoms with E-state index in [0.717, 1.165) is 22.3 Å². The van der Waals surface area contributed by atoms with Gasteiger partial charge in [0, 0.05) is 20.0 Å². The fourth-order valence-electron chi connectivity index (χ4n) is 3.50. The standard InChI is InChI=1S/C22H24N2O4/c1-14-3-5-17(6-4-14)20(23-15(2)25)12-21(26)24-10-9-16-7-8-18(22(27)28)11-19(16)13-24/h3-8,11,20H,9-10,12-13H2,1-2H3,(H,23,25)(H,27,28). The third-order valence-electron chi connectivity index (χ3n) is 5.05. The average molecular weight is 380 g/mol. The molecule has 28 heavy (non-hydrogen) atoms. The van der Waals surface area contributed by atoms with E-state index in [1.54, 1.807) is 17.0 Å². The van der Waals surface area contributed by atoms with Crippen LogP contribution in [0.15, 0.2) is 42.5 Å². The molecule has 1 unspecified atom stereocenters. The molecule has 2 N–H and O–H groups in total. The summed E-state index contributed by atoms with van der Waals surface area (Å²) in [5.41, 5.74) is 4.17. The van der Waals surface area contributed by atoms with Crippen molar-refractivity contribution in [1.82, 2.24) is 10.2 Å². The van der Waals surface area contributed by atoms with Crippen LogP contribution in [0.2, 0.25) is 0 Å². The Hall–Kier alpha value is -3.15. The van der Waals surface area contributed by atoms with Crippen LogP contribution in [0, 0.1) is 6.92 Å². The summed E-state index contributed by atoms with van der Waals surface area (Å²) >= 11 is 0. The molecule has 0 aliphatic carbocycles. The highest BCUT2D eigenvalue weighted by molar-refractivity contribution is 5.88. The van der Waals surface area contributed by atoms with Crippen LogP contribution < -0.4 is 5.32 Å². The Bertz CT molecular complexity index is 905. The van der Waals surface area contributed by atoms with Gasteiger partial charge in [-0.05, 0) is 42.2 Å². The number of benzene rings is 2. The molecule has 2 aromatic rings. The quantitative estimate of drug-likeness (QED) is 0.835. The van der Waals surface area contributed by atoms with Crippen molar-refractivity contribution in [2.45, 2.75) is 39.3 Å². The predicted octanol–water partition coefficient (Wildman–Crippen LogP) is 2.85. The first-order chi connectivity index (χ1) is 13.3. The Morgan fingerprint density at radius 1 is 1.11 bits per heavy atom. The van der Waals surface area contributed by atoms with Crippen LogP contribution in [0.3, 0.4) is 0 Å². The van der Waals surface area contributed by atoms with E-state index in [9.17, 15) is 19.5 Å². The van der Waals surface area contributed by atoms with Crippen LogP contribution in [0.25, 0.3) is 0 Å². The topological polar surface area (TPSA) is 86.7 Å². The zero-order valence-corrected chi connectivity index (χ0v) is 16.1. The molecule has 6 heteroatoms. The van der Waals surface area contributed by atoms with Crippen molar-refractivity contribution in [3.63, 3.8) is 0 Å². The van der Waals surface area contributed by atoms with Gasteiger partial charge in [-0.1, -0.05) is 35.9 Å². The van der Waals surface area contributed by atoms with Crippen molar-refractivity contribution in [2.24, 2.45) is 0 Å². The first-order valence-corrected chi connectivity index (χ1v) is 9.30. The fraction of sp³-hybridized carbons (Fsp3) is 0.318. The highest BCUT2D eigenvalue weighted by Gasteiger charge is 2.25. The summed E-state index contributed by atoms with van der Waals surface area (Å²) in [6.45, 7) is 4.39. The van der Waals surface area contributed by atoms with Crippen LogP contribution in [-0.2, 0) is 22.6 Å². The van der Waals surface area contributed by atoms with Crippen LogP contribution in [-0.4, -0.2) is 34.3 Å². The Balaban J connectivity index is 1.75. The summed E-state index contributed by atoms with van der Waals surface area (Å²) in [7, 11) is 0. The number of carboxylic acid groups (broad SMARTS) is 1. The number of hydrogen-bond donors (Lipinski definition) is 2. The summed E-state index contributed by atoms with van der Waals surface area (Å²) < 4.78 is 0. The van der Waals surface area contributed by atoms with Crippen molar-refractivity contribution in [2.75, 3.05) is 6.54 Å². The van der Waals surface area contributed by atoms with Gasteiger partial charge >= 0.3 is 5.97 Å². The molecular formula is C22H24N2O4. The lowest BCUT2D eigenvalue weighted by molar-refractivity contribution is -0.133. The Morgan fingerprint density at radius 3 is 2.46 bits per heavy atom. The molecule has 1 aliphatic rings. The number of carbonyl (C=O) groups is 3. The monoisotopic (exact) mass is 380 g/mol. The van der Waals surface area contributed by atoms with Gasteiger partial charge in [-0.25, -0.2) is 4.79 Å². The van der Waals surface area contributed by atoms with Crippen LogP contribution in [0.1, 0.15) is 52.0 Å². The minimum atomic E-state index is -0.976. The van der Waals surface area contributed by atoms with Gasteiger partial charge in [0.15, 0.2) is 0 Å². The van der Waals surface area contributed by atoms with Crippen molar-refractivity contribution >= 4 is 17.8 Å². The van der Waals surface area contributed by atoms with Gasteiger partial charge in [0.1, 0.15) is 0 Å². The third-order valence-corrected chi connectivity index (χ3v) is 5.05. The van der Waals surface area contributed by atoms with E-state index in [4.69, 9.17) is 0 Å². The van der Waals surface area contributed by atoms with Gasteiger partial charge in [0.25, 0.3) is 0 Å². The number of nitrogens with zero attached hydrogens (tertiary/aromatic N) is 1. The van der Waals surface area contributed by atoms with Crippen LogP contribution >= 0.6 is 0 Å². The van der Waals surface area contributed by atoms with Crippen molar-refractivity contribution in [1.29, 1.82) is 0 Å². The molecule has 2 aromatic carbocycles. The maximum absolute atomic E-state index is 12.9. The maximum Gasteiger partial charge on any atom is 0.335 e. The summed E-state index contributed by atoms with van der Waals surface area (Å²) in [6, 6.07) is 12.4. The van der Waals surface area contributed by atoms with E-state index in [0.29, 0.717) is 19.5 Å². The van der Waals surface area contributed by atoms with Crippen molar-refractivity contribution < 1.29 is 19.5 Å². The molecule has 3 rings (SSSR count). The molecule has 0 saturated heterocycles. The fourth-order valence-corrected chi connectivity index (χ4v) is 3.50. The van der Waals surface area contributed by atoms with Crippen molar-refractivity contribution in [3.05, 3.63) is 70.3 Å². The Morgan fingerprint density at radius 2 is 1.82 bits per heavy atom. The normalized spacial score (nSPS) is 14.1. The van der Waals surface area contributed by atoms with Gasteiger partial charge in [0.05, 0.1) is 18.0 Å². The Kier molecular flexibility index (Phi) is 5.78. The molecule has 6 nitrogen and oxygen atoms in total. The van der Waals surface area contributed by atoms with Crippen LogP contribution in [0.5, 0.6) is 0 Å². The van der Waals surface area contributed by atoms with Crippen molar-refractivity contribution in [3.8, 4) is 0 Å². The third kappa shape index (κ3) is 4.57. The minimum absolute atomic E-state index is 0.0642. The highest BCUT2D eigenvalue weighted by Crippen LogP contribution is 2.24. The molecule has 1 heterocycles. The second-order valence-corrected chi connectivity index (χ2v) is 7.22. The lowest BCUT2D eigenvalue weighted by atomic mass is 9.96. The smallest absolute Gasteiger partial charge is 0.335 e. The number of carbonyl (C=O) groups excluding carboxylic acids is 2. The molecule has 0 saturated carbocycles. The second-order valence-electron chi connectivity index (χ2n) is 7.22. The summed E-state index contributed by atoms with van der Waals surface area (Å²) in [6.07, 6.45) is 0.854. The summed E-state index contributed by atoms with van der Waals surface area (Å²) in [4.78, 5) is 37.5. The zero-order chi connectivity index (χ0) is 20.3. The number of rotatable bonds is 5. The lowest BCUT2D eigenvalue weighted by Gasteiger charge is -2.30. The Labute approximate surface area is 164 Å². The SMILES string of the molecule is CC(=O)NC(CC(=O)N1CCc2ccc(C(=O)O)cc2C1)c1ccc(C)cc1. The van der Waals surface area contributed by atoms with Gasteiger partial charge < -0.3 is 15.3 Å². The summed E-state index contributed by atoms with van der Waals surface area (Å²) in [5, 5.41) is 12.1. The largest absolute Gasteiger partial charge is 0.478 e. The number of aryl methyl sites for hydroxylation is 1. The van der Waals surface area contributed by atoms with E-state index in [2.05, 4.69) is 5.32 Å². The number of fused-ring (bicyclic) bond motifs is 1. The van der Waals surface area contributed by atoms with E-state index in [1.807, 2.05) is 37.3 Å². The number of carboxylic acids is 1. The van der Waals surface area contributed by atoms with E-state index in [-0.39, 0.29) is 23.8 Å². The molecule has 0 bridgehead atoms. The van der Waals surface area contributed by atoms with E-state index in [1.165, 1.54) is 6.92 Å². The first-order valence-electron chi connectivity index (χ1n) is 9.30. The average Bonchev–Trinajstić information content (AvgIpc) is 2.66. The molecule has 0 aromatic heterocycles. The molecule has 146 valence electrons. The van der Waals surface area contributed by atoms with Crippen LogP contribution in [0.4, 0.5) is 0 Å². The molecule has 0 radical (unpaired) electrons. The molecule has 0 fully saturated rings. The lowest BCUT2D eigenvalue weighted by Crippen LogP contribution is -2.39. The summed E-state index contributed by atoms with van der Waals surface area (Å²) in [5.74, 6) is -1.23. The number of hydrogen-bond acceptors (Lipinski definition) is 3. The molecule has 1 aliphatic heterocycles. The predicted molar refractivity (Wildman–Crippen MR) is 105 cm³/mol. The van der Waals surface area contributed by atoms with E-state index >= 15 is 0 Å². The second kappa shape index (κ2) is 8.25. The van der Waals surface area contributed by atoms with Gasteiger partial charge in [-0.3, -0.25) is 9.59 Å². The van der Waals surface area contributed by atoms with Gasteiger partial charge in [0.2, 0.25) is 11.8 Å². The number of amides is 2. The molecule has 0 spiro atoms. The molecule has 2 amide bonds. The highest BCUT2D eigenvalue weighted by atomic mass is 16.4. The first kappa shape index (κ1) is 19.6. The molecule has 1 atom stereocenters. The number of aromatic carboxylic acids is 1. The maximum atomic E-state index is 12.9. The van der Waals surface area contributed by atoms with Gasteiger partial charge in [-0.2, -0.15) is 0 Å². The van der Waals surface area contributed by atoms with E-state index < -0.39 is 12.0 Å². The molecular weight excluding hydrogens is 356 g/mol. The van der Waals surface area contributed by atoms with Gasteiger partial charge in [-0.15, -0.1) is 0 Å².